The van der Waals surface area contributed by atoms with E-state index in [0.717, 1.165) is 36.1 Å². The topological polar surface area (TPSA) is 80.9 Å². The summed E-state index contributed by atoms with van der Waals surface area (Å²) in [7, 11) is 0. The van der Waals surface area contributed by atoms with Gasteiger partial charge in [-0.05, 0) is 18.6 Å². The van der Waals surface area contributed by atoms with Crippen molar-refractivity contribution in [3.8, 4) is 5.69 Å². The number of carbonyl (C=O) groups is 1. The molecule has 0 amide bonds. The molecule has 2 rings (SSSR count). The Labute approximate surface area is 114 Å². The largest absolute Gasteiger partial charge is 0.481 e. The number of pyridine rings is 1. The van der Waals surface area contributed by atoms with Gasteiger partial charge < -0.3 is 5.11 Å². The van der Waals surface area contributed by atoms with Crippen molar-refractivity contribution in [3.05, 3.63) is 30.4 Å². The molecule has 0 aromatic carbocycles. The number of aryl methyl sites for hydroxylation is 1. The highest BCUT2D eigenvalue weighted by Crippen LogP contribution is 2.22. The number of nitrogens with zero attached hydrogens (tertiary/aromatic N) is 4. The van der Waals surface area contributed by atoms with Crippen LogP contribution in [0.5, 0.6) is 0 Å². The minimum Gasteiger partial charge on any atom is -0.481 e. The van der Waals surface area contributed by atoms with E-state index < -0.39 is 5.97 Å². The summed E-state index contributed by atoms with van der Waals surface area (Å²) < 4.78 is 1.87. The van der Waals surface area contributed by atoms with Crippen molar-refractivity contribution in [3.63, 3.8) is 0 Å². The first-order valence-corrected chi connectivity index (χ1v) is 6.90. The summed E-state index contributed by atoms with van der Waals surface area (Å²) in [5.74, 6) is -0.0870. The zero-order valence-corrected chi connectivity index (χ0v) is 11.3. The second-order valence-electron chi connectivity index (χ2n) is 3.88. The minimum absolute atomic E-state index is 0.0372. The van der Waals surface area contributed by atoms with Crippen LogP contribution in [0.15, 0.2) is 29.7 Å². The van der Waals surface area contributed by atoms with Gasteiger partial charge in [0, 0.05) is 12.6 Å². The Bertz CT molecular complexity index is 556. The normalized spacial score (nSPS) is 10.6. The van der Waals surface area contributed by atoms with E-state index in [1.807, 2.05) is 16.7 Å². The van der Waals surface area contributed by atoms with Crippen LogP contribution >= 0.6 is 11.8 Å². The van der Waals surface area contributed by atoms with Gasteiger partial charge in [0.15, 0.2) is 5.16 Å². The smallest absolute Gasteiger partial charge is 0.313 e. The molecule has 2 aromatic rings. The molecular formula is C12H14N4O2S. The third kappa shape index (κ3) is 3.31. The third-order valence-corrected chi connectivity index (χ3v) is 3.32. The molecule has 0 aliphatic heterocycles. The van der Waals surface area contributed by atoms with Crippen molar-refractivity contribution in [1.29, 1.82) is 0 Å². The van der Waals surface area contributed by atoms with E-state index in [4.69, 9.17) is 5.11 Å². The maximum Gasteiger partial charge on any atom is 0.313 e. The van der Waals surface area contributed by atoms with Gasteiger partial charge in [0.2, 0.25) is 0 Å². The van der Waals surface area contributed by atoms with Gasteiger partial charge in [0.05, 0.1) is 17.6 Å². The maximum atomic E-state index is 10.7. The molecule has 0 saturated heterocycles. The van der Waals surface area contributed by atoms with E-state index in [0.29, 0.717) is 5.16 Å². The number of carboxylic acid groups (broad SMARTS) is 1. The number of hydrogen-bond acceptors (Lipinski definition) is 5. The Morgan fingerprint density at radius 3 is 2.95 bits per heavy atom. The predicted molar refractivity (Wildman–Crippen MR) is 71.5 cm³/mol. The van der Waals surface area contributed by atoms with Gasteiger partial charge in [-0.3, -0.25) is 14.3 Å². The molecule has 0 atom stereocenters. The summed E-state index contributed by atoms with van der Waals surface area (Å²) in [5.41, 5.74) is 0.851. The fraction of sp³-hybridized carbons (Fsp3) is 0.333. The first kappa shape index (κ1) is 13.5. The number of rotatable bonds is 6. The van der Waals surface area contributed by atoms with Gasteiger partial charge in [-0.15, -0.1) is 10.2 Å². The van der Waals surface area contributed by atoms with E-state index >= 15 is 0 Å². The summed E-state index contributed by atoms with van der Waals surface area (Å²) in [5, 5.41) is 17.5. The number of carboxylic acids is 1. The highest BCUT2D eigenvalue weighted by Gasteiger charge is 2.14. The molecular weight excluding hydrogens is 264 g/mol. The van der Waals surface area contributed by atoms with E-state index in [2.05, 4.69) is 22.1 Å². The van der Waals surface area contributed by atoms with Crippen LogP contribution in [0.25, 0.3) is 5.69 Å². The fourth-order valence-electron chi connectivity index (χ4n) is 1.65. The van der Waals surface area contributed by atoms with Crippen molar-refractivity contribution >= 4 is 17.7 Å². The van der Waals surface area contributed by atoms with Crippen LogP contribution in [-0.2, 0) is 11.2 Å². The van der Waals surface area contributed by atoms with Gasteiger partial charge in [0.1, 0.15) is 5.82 Å². The van der Waals surface area contributed by atoms with Crippen LogP contribution in [0.1, 0.15) is 19.2 Å². The Morgan fingerprint density at radius 1 is 1.47 bits per heavy atom. The zero-order valence-electron chi connectivity index (χ0n) is 10.5. The van der Waals surface area contributed by atoms with Gasteiger partial charge >= 0.3 is 5.97 Å². The van der Waals surface area contributed by atoms with E-state index in [-0.39, 0.29) is 5.75 Å². The quantitative estimate of drug-likeness (QED) is 0.811. The summed E-state index contributed by atoms with van der Waals surface area (Å²) in [4.78, 5) is 14.7. The standard InChI is InChI=1S/C12H14N4O2S/c1-2-4-10-14-15-12(19-8-11(17)18)16(10)9-5-3-6-13-7-9/h3,5-7H,2,4,8H2,1H3,(H,17,18). The lowest BCUT2D eigenvalue weighted by Crippen LogP contribution is -2.05. The van der Waals surface area contributed by atoms with Crippen LogP contribution in [0.4, 0.5) is 0 Å². The molecule has 0 aliphatic rings. The van der Waals surface area contributed by atoms with Crippen molar-refractivity contribution in [2.75, 3.05) is 5.75 Å². The van der Waals surface area contributed by atoms with Gasteiger partial charge in [-0.25, -0.2) is 0 Å². The Hall–Kier alpha value is -1.89. The highest BCUT2D eigenvalue weighted by molar-refractivity contribution is 7.99. The number of hydrogen-bond donors (Lipinski definition) is 1. The van der Waals surface area contributed by atoms with E-state index in [1.165, 1.54) is 0 Å². The van der Waals surface area contributed by atoms with Gasteiger partial charge in [-0.2, -0.15) is 0 Å². The van der Waals surface area contributed by atoms with Crippen LogP contribution in [-0.4, -0.2) is 36.6 Å². The van der Waals surface area contributed by atoms with Crippen LogP contribution < -0.4 is 0 Å². The lowest BCUT2D eigenvalue weighted by atomic mass is 10.3. The average molecular weight is 278 g/mol. The highest BCUT2D eigenvalue weighted by atomic mass is 32.2. The SMILES string of the molecule is CCCc1nnc(SCC(=O)O)n1-c1cccnc1. The Kier molecular flexibility index (Phi) is 4.51. The minimum atomic E-state index is -0.872. The van der Waals surface area contributed by atoms with Crippen LogP contribution in [0.2, 0.25) is 0 Å². The number of aliphatic carboxylic acids is 1. The number of aromatic nitrogens is 4. The predicted octanol–water partition coefficient (Wildman–Crippen LogP) is 1.79. The molecule has 0 bridgehead atoms. The summed E-state index contributed by atoms with van der Waals surface area (Å²) >= 11 is 1.16. The van der Waals surface area contributed by atoms with Gasteiger partial charge in [-0.1, -0.05) is 18.7 Å². The zero-order chi connectivity index (χ0) is 13.7. The molecule has 1 N–H and O–H groups in total. The molecule has 6 nitrogen and oxygen atoms in total. The molecule has 2 aromatic heterocycles. The van der Waals surface area contributed by atoms with E-state index in [9.17, 15) is 4.79 Å². The van der Waals surface area contributed by atoms with E-state index in [1.54, 1.807) is 12.4 Å². The lowest BCUT2D eigenvalue weighted by molar-refractivity contribution is -0.133. The molecule has 19 heavy (non-hydrogen) atoms. The molecule has 0 radical (unpaired) electrons. The molecule has 0 spiro atoms. The molecule has 0 unspecified atom stereocenters. The van der Waals surface area contributed by atoms with Crippen molar-refractivity contribution in [1.82, 2.24) is 19.7 Å². The third-order valence-electron chi connectivity index (χ3n) is 2.40. The maximum absolute atomic E-state index is 10.7. The molecule has 100 valence electrons. The summed E-state index contributed by atoms with van der Waals surface area (Å²) in [6.07, 6.45) is 5.14. The fourth-order valence-corrected chi connectivity index (χ4v) is 2.34. The molecule has 0 aliphatic carbocycles. The first-order valence-electron chi connectivity index (χ1n) is 5.91. The monoisotopic (exact) mass is 278 g/mol. The first-order chi connectivity index (χ1) is 9.22. The van der Waals surface area contributed by atoms with Gasteiger partial charge in [0.25, 0.3) is 0 Å². The molecule has 0 fully saturated rings. The summed E-state index contributed by atoms with van der Waals surface area (Å²) in [6, 6.07) is 3.73. The van der Waals surface area contributed by atoms with Crippen molar-refractivity contribution < 1.29 is 9.90 Å². The van der Waals surface area contributed by atoms with Crippen molar-refractivity contribution in [2.45, 2.75) is 24.9 Å². The Balaban J connectivity index is 2.36. The average Bonchev–Trinajstić information content (AvgIpc) is 2.81. The second-order valence-corrected chi connectivity index (χ2v) is 4.82. The lowest BCUT2D eigenvalue weighted by Gasteiger charge is -2.08. The molecule has 7 heteroatoms. The van der Waals surface area contributed by atoms with Crippen LogP contribution in [0, 0.1) is 0 Å². The summed E-state index contributed by atoms with van der Waals surface area (Å²) in [6.45, 7) is 2.06. The molecule has 0 saturated carbocycles. The second kappa shape index (κ2) is 6.33. The van der Waals surface area contributed by atoms with Crippen molar-refractivity contribution in [2.24, 2.45) is 0 Å². The number of thioether (sulfide) groups is 1. The Morgan fingerprint density at radius 2 is 2.32 bits per heavy atom. The van der Waals surface area contributed by atoms with Crippen LogP contribution in [0.3, 0.4) is 0 Å². The molecule has 2 heterocycles.